The lowest BCUT2D eigenvalue weighted by Gasteiger charge is -2.45. The highest BCUT2D eigenvalue weighted by atomic mass is 16.5. The highest BCUT2D eigenvalue weighted by molar-refractivity contribution is 5.49. The minimum absolute atomic E-state index is 0.0954. The fourth-order valence-corrected chi connectivity index (χ4v) is 3.81. The van der Waals surface area contributed by atoms with Gasteiger partial charge >= 0.3 is 0 Å². The summed E-state index contributed by atoms with van der Waals surface area (Å²) in [5.74, 6) is 1.44. The Bertz CT molecular complexity index is 860. The Morgan fingerprint density at radius 3 is 2.41 bits per heavy atom. The van der Waals surface area contributed by atoms with Crippen LogP contribution in [-0.2, 0) is 0 Å². The summed E-state index contributed by atoms with van der Waals surface area (Å²) < 4.78 is 6.29. The molecule has 0 spiro atoms. The van der Waals surface area contributed by atoms with Gasteiger partial charge in [-0.3, -0.25) is 0 Å². The third kappa shape index (κ3) is 4.08. The van der Waals surface area contributed by atoms with Crippen molar-refractivity contribution in [1.82, 2.24) is 0 Å². The second-order valence-electron chi connectivity index (χ2n) is 7.39. The molecule has 0 fully saturated rings. The van der Waals surface area contributed by atoms with Gasteiger partial charge in [0.1, 0.15) is 22.8 Å². The predicted molar refractivity (Wildman–Crippen MR) is 109 cm³/mol. The van der Waals surface area contributed by atoms with E-state index >= 15 is 0 Å². The molecule has 27 heavy (non-hydrogen) atoms. The van der Waals surface area contributed by atoms with Crippen molar-refractivity contribution in [2.24, 2.45) is 5.92 Å². The Morgan fingerprint density at radius 2 is 1.70 bits per heavy atom. The van der Waals surface area contributed by atoms with Crippen LogP contribution in [-0.4, -0.2) is 15.8 Å². The maximum absolute atomic E-state index is 9.90. The lowest BCUT2D eigenvalue weighted by Crippen LogP contribution is -2.44. The Labute approximate surface area is 160 Å². The number of aromatic hydroxyl groups is 2. The lowest BCUT2D eigenvalue weighted by molar-refractivity contribution is 0.0182. The van der Waals surface area contributed by atoms with Gasteiger partial charge in [0.15, 0.2) is 0 Å². The largest absolute Gasteiger partial charge is 0.508 e. The summed E-state index contributed by atoms with van der Waals surface area (Å²) in [6, 6.07) is 12.7. The van der Waals surface area contributed by atoms with E-state index in [0.29, 0.717) is 5.75 Å². The second-order valence-corrected chi connectivity index (χ2v) is 7.39. The van der Waals surface area contributed by atoms with E-state index in [9.17, 15) is 10.2 Å². The molecule has 0 saturated heterocycles. The maximum Gasteiger partial charge on any atom is 0.127 e. The molecular weight excluding hydrogens is 336 g/mol. The first-order valence-electron chi connectivity index (χ1n) is 9.17. The zero-order chi connectivity index (χ0) is 19.4. The number of rotatable bonds is 5. The summed E-state index contributed by atoms with van der Waals surface area (Å²) in [7, 11) is 0. The van der Waals surface area contributed by atoms with Gasteiger partial charge in [0.05, 0.1) is 0 Å². The average molecular weight is 362 g/mol. The molecule has 2 aromatic carbocycles. The number of fused-ring (bicyclic) bond motifs is 1. The number of phenols is 2. The van der Waals surface area contributed by atoms with Gasteiger partial charge in [0.25, 0.3) is 0 Å². The van der Waals surface area contributed by atoms with Crippen molar-refractivity contribution in [3.05, 3.63) is 90.6 Å². The summed E-state index contributed by atoms with van der Waals surface area (Å²) >= 11 is 0. The SMILES string of the molecule is C=C/C=C\C=C/CC1C(c2ccc(O)cc2)c2ccc(O)cc2OC1(C)C. The molecular formula is C24H26O3. The maximum atomic E-state index is 9.90. The summed E-state index contributed by atoms with van der Waals surface area (Å²) in [5.41, 5.74) is 1.75. The third-order valence-corrected chi connectivity index (χ3v) is 5.14. The molecule has 1 aliphatic rings. The monoisotopic (exact) mass is 362 g/mol. The number of benzene rings is 2. The van der Waals surface area contributed by atoms with Crippen LogP contribution in [0, 0.1) is 5.92 Å². The average Bonchev–Trinajstić information content (AvgIpc) is 2.62. The molecule has 0 aliphatic carbocycles. The smallest absolute Gasteiger partial charge is 0.127 e. The van der Waals surface area contributed by atoms with E-state index in [4.69, 9.17) is 4.74 Å². The van der Waals surface area contributed by atoms with Gasteiger partial charge in [-0.15, -0.1) is 0 Å². The Balaban J connectivity index is 2.05. The van der Waals surface area contributed by atoms with Gasteiger partial charge in [0, 0.05) is 23.5 Å². The van der Waals surface area contributed by atoms with Crippen molar-refractivity contribution in [1.29, 1.82) is 0 Å². The zero-order valence-corrected chi connectivity index (χ0v) is 15.8. The highest BCUT2D eigenvalue weighted by Gasteiger charge is 2.43. The van der Waals surface area contributed by atoms with Gasteiger partial charge in [-0.2, -0.15) is 0 Å². The molecule has 0 bridgehead atoms. The van der Waals surface area contributed by atoms with Crippen LogP contribution in [0.2, 0.25) is 0 Å². The van der Waals surface area contributed by atoms with E-state index in [1.807, 2.05) is 36.4 Å². The minimum atomic E-state index is -0.421. The molecule has 2 unspecified atom stereocenters. The van der Waals surface area contributed by atoms with Crippen LogP contribution in [0.15, 0.2) is 79.4 Å². The van der Waals surface area contributed by atoms with Gasteiger partial charge in [-0.25, -0.2) is 0 Å². The van der Waals surface area contributed by atoms with Crippen molar-refractivity contribution in [2.75, 3.05) is 0 Å². The fraction of sp³-hybridized carbons (Fsp3) is 0.250. The number of hydrogen-bond donors (Lipinski definition) is 2. The first-order chi connectivity index (χ1) is 12.9. The third-order valence-electron chi connectivity index (χ3n) is 5.14. The van der Waals surface area contributed by atoms with Crippen molar-refractivity contribution >= 4 is 0 Å². The van der Waals surface area contributed by atoms with Crippen molar-refractivity contribution in [3.63, 3.8) is 0 Å². The molecule has 140 valence electrons. The number of allylic oxidation sites excluding steroid dienone is 5. The molecule has 0 aromatic heterocycles. The molecule has 3 rings (SSSR count). The number of phenolic OH excluding ortho intramolecular Hbond substituents is 2. The van der Waals surface area contributed by atoms with E-state index in [0.717, 1.165) is 17.5 Å². The first-order valence-corrected chi connectivity index (χ1v) is 9.17. The zero-order valence-electron chi connectivity index (χ0n) is 15.8. The number of hydrogen-bond acceptors (Lipinski definition) is 3. The second kappa shape index (κ2) is 7.75. The van der Waals surface area contributed by atoms with Crippen molar-refractivity contribution in [3.8, 4) is 17.2 Å². The quantitative estimate of drug-likeness (QED) is 0.670. The molecule has 2 atom stereocenters. The van der Waals surface area contributed by atoms with E-state index in [-0.39, 0.29) is 23.3 Å². The molecule has 2 N–H and O–H groups in total. The summed E-state index contributed by atoms with van der Waals surface area (Å²) in [4.78, 5) is 0. The molecule has 1 heterocycles. The normalized spacial score (nSPS) is 21.1. The Hall–Kier alpha value is -2.94. The van der Waals surface area contributed by atoms with Gasteiger partial charge < -0.3 is 14.9 Å². The fourth-order valence-electron chi connectivity index (χ4n) is 3.81. The molecule has 0 saturated carbocycles. The Kier molecular flexibility index (Phi) is 5.41. The van der Waals surface area contributed by atoms with Crippen molar-refractivity contribution < 1.29 is 14.9 Å². The molecule has 3 nitrogen and oxygen atoms in total. The van der Waals surface area contributed by atoms with E-state index in [1.54, 1.807) is 30.3 Å². The Morgan fingerprint density at radius 1 is 1.00 bits per heavy atom. The molecule has 2 aromatic rings. The molecule has 0 radical (unpaired) electrons. The van der Waals surface area contributed by atoms with Gasteiger partial charge in [-0.05, 0) is 44.0 Å². The topological polar surface area (TPSA) is 49.7 Å². The lowest BCUT2D eigenvalue weighted by atomic mass is 9.69. The van der Waals surface area contributed by atoms with Gasteiger partial charge in [-0.1, -0.05) is 55.2 Å². The van der Waals surface area contributed by atoms with Crippen LogP contribution in [0.25, 0.3) is 0 Å². The molecule has 3 heteroatoms. The summed E-state index contributed by atoms with van der Waals surface area (Å²) in [5, 5.41) is 19.6. The standard InChI is InChI=1S/C24H26O3/c1-4-5-6-7-8-9-21-23(17-10-12-18(25)13-11-17)20-15-14-19(26)16-22(20)27-24(21,2)3/h4-8,10-16,21,23,25-26H,1,9H2,2-3H3/b6-5-,8-7-. The number of ether oxygens (including phenoxy) is 1. The van der Waals surface area contributed by atoms with Crippen molar-refractivity contribution in [2.45, 2.75) is 31.8 Å². The van der Waals surface area contributed by atoms with E-state index in [2.05, 4.69) is 26.5 Å². The van der Waals surface area contributed by atoms with Crippen LogP contribution in [0.1, 0.15) is 37.3 Å². The van der Waals surface area contributed by atoms with Crippen LogP contribution >= 0.6 is 0 Å². The van der Waals surface area contributed by atoms with Crippen LogP contribution in [0.3, 0.4) is 0 Å². The first kappa shape index (κ1) is 18.8. The van der Waals surface area contributed by atoms with Gasteiger partial charge in [0.2, 0.25) is 0 Å². The molecule has 0 amide bonds. The molecule has 1 aliphatic heterocycles. The summed E-state index contributed by atoms with van der Waals surface area (Å²) in [6.07, 6.45) is 10.6. The minimum Gasteiger partial charge on any atom is -0.508 e. The van der Waals surface area contributed by atoms with Crippen LogP contribution in [0.4, 0.5) is 0 Å². The summed E-state index contributed by atoms with van der Waals surface area (Å²) in [6.45, 7) is 7.86. The van der Waals surface area contributed by atoms with E-state index < -0.39 is 5.60 Å². The predicted octanol–water partition coefficient (Wildman–Crippen LogP) is 5.71. The van der Waals surface area contributed by atoms with Crippen LogP contribution in [0.5, 0.6) is 17.2 Å². The highest BCUT2D eigenvalue weighted by Crippen LogP contribution is 2.50. The van der Waals surface area contributed by atoms with Crippen LogP contribution < -0.4 is 4.74 Å². The van der Waals surface area contributed by atoms with E-state index in [1.165, 1.54) is 0 Å².